The molecule has 1 nitrogen and oxygen atoms in total. The topological polar surface area (TPSA) is 20.2 Å². The number of aliphatic hydroxyl groups excluding tert-OH is 1. The van der Waals surface area contributed by atoms with Crippen molar-refractivity contribution in [1.82, 2.24) is 0 Å². The summed E-state index contributed by atoms with van der Waals surface area (Å²) in [7, 11) is 0. The molecule has 1 atom stereocenters. The monoisotopic (exact) mass is 289 g/mol. The number of hydrogen-bond acceptors (Lipinski definition) is 1. The second-order valence-corrected chi connectivity index (χ2v) is 6.12. The molecule has 0 aliphatic heterocycles. The molecule has 0 amide bonds. The lowest BCUT2D eigenvalue weighted by atomic mass is 10.0. The molecule has 0 saturated heterocycles. The first-order chi connectivity index (χ1) is 10.3. The van der Waals surface area contributed by atoms with Gasteiger partial charge in [0.05, 0.1) is 6.10 Å². The largest absolute Gasteiger partial charge is 0.392 e. The third-order valence-corrected chi connectivity index (χ3v) is 4.04. The van der Waals surface area contributed by atoms with Crippen molar-refractivity contribution >= 4 is 0 Å². The zero-order valence-electron chi connectivity index (χ0n) is 13.8. The summed E-state index contributed by atoms with van der Waals surface area (Å²) in [6.07, 6.45) is 16.0. The maximum absolute atomic E-state index is 9.97. The molecule has 21 heavy (non-hydrogen) atoms. The number of rotatable bonds is 13. The van der Waals surface area contributed by atoms with Crippen LogP contribution in [0.1, 0.15) is 83.1 Å². The third kappa shape index (κ3) is 10.5. The van der Waals surface area contributed by atoms with E-state index in [0.29, 0.717) is 0 Å². The van der Waals surface area contributed by atoms with Crippen LogP contribution >= 0.6 is 0 Å². The molecule has 0 fully saturated rings. The van der Waals surface area contributed by atoms with Crippen molar-refractivity contribution < 1.29 is 5.11 Å². The second kappa shape index (κ2) is 12.9. The van der Waals surface area contributed by atoms with Gasteiger partial charge in [-0.05, 0) is 12.0 Å². The summed E-state index contributed by atoms with van der Waals surface area (Å²) >= 11 is 0. The first kappa shape index (κ1) is 18.2. The molecule has 1 N–H and O–H groups in total. The van der Waals surface area contributed by atoms with Crippen molar-refractivity contribution in [2.45, 2.75) is 83.7 Å². The van der Waals surface area contributed by atoms with Crippen molar-refractivity contribution in [2.24, 2.45) is 0 Å². The molecule has 1 radical (unpaired) electrons. The molecule has 0 spiro atoms. The van der Waals surface area contributed by atoms with E-state index in [1.54, 1.807) is 0 Å². The Kier molecular flexibility index (Phi) is 11.2. The number of unbranched alkanes of at least 4 members (excludes halogenated alkanes) is 9. The molecule has 0 aromatic heterocycles. The molecule has 1 rings (SSSR count). The Morgan fingerprint density at radius 2 is 1.33 bits per heavy atom. The van der Waals surface area contributed by atoms with Crippen molar-refractivity contribution in [1.29, 1.82) is 0 Å². The van der Waals surface area contributed by atoms with E-state index in [1.165, 1.54) is 57.8 Å². The van der Waals surface area contributed by atoms with E-state index < -0.39 is 0 Å². The third-order valence-electron chi connectivity index (χ3n) is 4.04. The van der Waals surface area contributed by atoms with Crippen LogP contribution in [0, 0.1) is 6.42 Å². The molecule has 0 bridgehead atoms. The van der Waals surface area contributed by atoms with E-state index in [2.05, 4.69) is 6.92 Å². The predicted molar refractivity (Wildman–Crippen MR) is 92.3 cm³/mol. The number of aliphatic hydroxyl groups is 1. The molecular weight excluding hydrogens is 256 g/mol. The van der Waals surface area contributed by atoms with E-state index in [9.17, 15) is 5.11 Å². The summed E-state index contributed by atoms with van der Waals surface area (Å²) in [6, 6.07) is 10.1. The van der Waals surface area contributed by atoms with Gasteiger partial charge < -0.3 is 5.11 Å². The number of benzene rings is 1. The Hall–Kier alpha value is -0.820. The van der Waals surface area contributed by atoms with Crippen LogP contribution in [0.3, 0.4) is 0 Å². The lowest BCUT2D eigenvalue weighted by Gasteiger charge is -2.10. The van der Waals surface area contributed by atoms with Crippen LogP contribution in [0.25, 0.3) is 0 Å². The molecule has 1 aromatic carbocycles. The Balaban J connectivity index is 1.87. The maximum Gasteiger partial charge on any atom is 0.0615 e. The fourth-order valence-electron chi connectivity index (χ4n) is 2.71. The highest BCUT2D eigenvalue weighted by molar-refractivity contribution is 5.23. The average Bonchev–Trinajstić information content (AvgIpc) is 2.50. The van der Waals surface area contributed by atoms with E-state index in [4.69, 9.17) is 0 Å². The van der Waals surface area contributed by atoms with Crippen LogP contribution in [0.5, 0.6) is 0 Å². The van der Waals surface area contributed by atoms with Crippen LogP contribution in [-0.4, -0.2) is 11.2 Å². The van der Waals surface area contributed by atoms with Crippen LogP contribution < -0.4 is 0 Å². The smallest absolute Gasteiger partial charge is 0.0615 e. The fourth-order valence-corrected chi connectivity index (χ4v) is 2.71. The summed E-state index contributed by atoms with van der Waals surface area (Å²) in [5.74, 6) is 0. The van der Waals surface area contributed by atoms with Crippen molar-refractivity contribution in [3.05, 3.63) is 42.3 Å². The average molecular weight is 289 g/mol. The summed E-state index contributed by atoms with van der Waals surface area (Å²) < 4.78 is 0. The molecule has 0 aliphatic rings. The highest BCUT2D eigenvalue weighted by Gasteiger charge is 2.05. The molecule has 0 aliphatic carbocycles. The SMILES string of the molecule is CCCCCCCCCCCCC(O)[CH]c1ccccc1. The Morgan fingerprint density at radius 1 is 0.810 bits per heavy atom. The van der Waals surface area contributed by atoms with E-state index >= 15 is 0 Å². The minimum atomic E-state index is -0.290. The lowest BCUT2D eigenvalue weighted by molar-refractivity contribution is 0.195. The summed E-state index contributed by atoms with van der Waals surface area (Å²) in [5.41, 5.74) is 1.12. The molecule has 1 unspecified atom stereocenters. The Bertz CT molecular complexity index is 320. The van der Waals surface area contributed by atoms with Gasteiger partial charge in [-0.15, -0.1) is 0 Å². The van der Waals surface area contributed by atoms with Gasteiger partial charge in [0.15, 0.2) is 0 Å². The van der Waals surface area contributed by atoms with E-state index in [0.717, 1.165) is 18.4 Å². The fraction of sp³-hybridized carbons (Fsp3) is 0.650. The highest BCUT2D eigenvalue weighted by Crippen LogP contribution is 2.14. The van der Waals surface area contributed by atoms with E-state index in [1.807, 2.05) is 36.8 Å². The van der Waals surface area contributed by atoms with Gasteiger partial charge in [0, 0.05) is 6.42 Å². The molecule has 1 heteroatoms. The minimum absolute atomic E-state index is 0.290. The quantitative estimate of drug-likeness (QED) is 0.447. The highest BCUT2D eigenvalue weighted by atomic mass is 16.3. The molecular formula is C20H33O. The summed E-state index contributed by atoms with van der Waals surface area (Å²) in [6.45, 7) is 2.27. The van der Waals surface area contributed by atoms with Crippen LogP contribution in [0.15, 0.2) is 30.3 Å². The van der Waals surface area contributed by atoms with Gasteiger partial charge in [0.2, 0.25) is 0 Å². The van der Waals surface area contributed by atoms with Crippen LogP contribution in [0.2, 0.25) is 0 Å². The van der Waals surface area contributed by atoms with Gasteiger partial charge >= 0.3 is 0 Å². The molecule has 0 saturated carbocycles. The Labute approximate surface area is 131 Å². The van der Waals surface area contributed by atoms with Crippen molar-refractivity contribution in [3.63, 3.8) is 0 Å². The summed E-state index contributed by atoms with van der Waals surface area (Å²) in [4.78, 5) is 0. The molecule has 1 aromatic rings. The molecule has 0 heterocycles. The number of hydrogen-bond donors (Lipinski definition) is 1. The minimum Gasteiger partial charge on any atom is -0.392 e. The van der Waals surface area contributed by atoms with Crippen LogP contribution in [0.4, 0.5) is 0 Å². The predicted octanol–water partition coefficient (Wildman–Crippen LogP) is 5.91. The van der Waals surface area contributed by atoms with Crippen molar-refractivity contribution in [3.8, 4) is 0 Å². The normalized spacial score (nSPS) is 12.5. The zero-order chi connectivity index (χ0) is 15.2. The zero-order valence-corrected chi connectivity index (χ0v) is 13.8. The van der Waals surface area contributed by atoms with Crippen LogP contribution in [-0.2, 0) is 0 Å². The summed E-state index contributed by atoms with van der Waals surface area (Å²) in [5, 5.41) is 9.97. The molecule has 119 valence electrons. The standard InChI is InChI=1S/C20H33O/c1-2-3-4-5-6-7-8-9-10-14-17-20(21)18-19-15-12-11-13-16-19/h11-13,15-16,18,20-21H,2-10,14,17H2,1H3. The Morgan fingerprint density at radius 3 is 1.90 bits per heavy atom. The second-order valence-electron chi connectivity index (χ2n) is 6.12. The van der Waals surface area contributed by atoms with Crippen molar-refractivity contribution in [2.75, 3.05) is 0 Å². The van der Waals surface area contributed by atoms with E-state index in [-0.39, 0.29) is 6.10 Å². The lowest BCUT2D eigenvalue weighted by Crippen LogP contribution is -2.07. The first-order valence-electron chi connectivity index (χ1n) is 8.91. The van der Waals surface area contributed by atoms with Gasteiger partial charge in [-0.3, -0.25) is 0 Å². The van der Waals surface area contributed by atoms with Gasteiger partial charge in [0.1, 0.15) is 0 Å². The van der Waals surface area contributed by atoms with Gasteiger partial charge in [0.25, 0.3) is 0 Å². The van der Waals surface area contributed by atoms with Gasteiger partial charge in [-0.2, -0.15) is 0 Å². The maximum atomic E-state index is 9.97. The first-order valence-corrected chi connectivity index (χ1v) is 8.91. The van der Waals surface area contributed by atoms with Gasteiger partial charge in [-0.25, -0.2) is 0 Å². The van der Waals surface area contributed by atoms with Gasteiger partial charge in [-0.1, -0.05) is 101 Å².